The first-order valence-corrected chi connectivity index (χ1v) is 22.5. The number of carbonyl (C=O) groups excluding carboxylic acids is 4. The molecule has 4 saturated heterocycles. The molecule has 67 heavy (non-hydrogen) atoms. The standard InChI is InChI=1S/C23H26N8O2.C16H22N8O.C7H5ClO/c1-29-14-16(12-26-29)27-22-20(21(24)32)25-13-19(28-22)30-10-5-8-17-18(30)9-11-31(17)23(33)15-6-3-2-4-7-15;1-23-9-10(7-20-23)21-16-14(15(17)25)19-8-13(22-16)24-6-2-3-11-12(24)4-5-18-11;8-7(9)6-4-2-1-3-5-6/h2-4,6-7,12-14,17-18H,5,8-11H2,1H3,(H2,24,32)(H,27,28);7-9,11-12,18H,2-6H2,1H3,(H2,17,25)(H,21,22);1-5H. The molecule has 3 amide bonds. The fraction of sp³-hybridized carbons (Fsp3) is 0.348. The second-order valence-corrected chi connectivity index (χ2v) is 17.0. The normalized spacial score (nSPS) is 19.5. The zero-order chi connectivity index (χ0) is 47.0. The van der Waals surface area contributed by atoms with Crippen molar-refractivity contribution >= 4 is 69.2 Å². The summed E-state index contributed by atoms with van der Waals surface area (Å²) in [6, 6.07) is 19.3. The van der Waals surface area contributed by atoms with E-state index < -0.39 is 17.1 Å². The van der Waals surface area contributed by atoms with Gasteiger partial charge >= 0.3 is 0 Å². The minimum Gasteiger partial charge on any atom is -0.364 e. The van der Waals surface area contributed by atoms with Crippen LogP contribution in [0.3, 0.4) is 0 Å². The smallest absolute Gasteiger partial charge is 0.271 e. The second kappa shape index (κ2) is 20.8. The summed E-state index contributed by atoms with van der Waals surface area (Å²) in [7, 11) is 3.63. The van der Waals surface area contributed by atoms with E-state index in [9.17, 15) is 19.2 Å². The predicted molar refractivity (Wildman–Crippen MR) is 254 cm³/mol. The SMILES string of the molecule is Cn1cc(Nc2nc(N3CCCC4C3CCN4C(=O)c3ccccc3)cnc2C(N)=O)cn1.Cn1cc(Nc2nc(N3CCCC4NCCC43)cnc2C(N)=O)cn1.O=C(Cl)c1ccccc1. The van der Waals surface area contributed by atoms with Crippen LogP contribution < -0.4 is 37.2 Å². The highest BCUT2D eigenvalue weighted by atomic mass is 35.5. The molecule has 348 valence electrons. The molecule has 4 aliphatic rings. The molecular formula is C46H53ClN16O4. The monoisotopic (exact) mass is 928 g/mol. The summed E-state index contributed by atoms with van der Waals surface area (Å²) in [4.78, 5) is 71.7. The number of amides is 3. The van der Waals surface area contributed by atoms with Gasteiger partial charge in [0.15, 0.2) is 23.0 Å². The Morgan fingerprint density at radius 3 is 1.66 bits per heavy atom. The lowest BCUT2D eigenvalue weighted by Crippen LogP contribution is -2.51. The number of likely N-dealkylation sites (tertiary alicyclic amines) is 1. The van der Waals surface area contributed by atoms with E-state index in [0.717, 1.165) is 63.2 Å². The Kier molecular flexibility index (Phi) is 14.3. The molecule has 7 N–H and O–H groups in total. The molecule has 20 nitrogen and oxygen atoms in total. The zero-order valence-corrected chi connectivity index (χ0v) is 38.0. The summed E-state index contributed by atoms with van der Waals surface area (Å²) in [5, 5.41) is 17.6. The third-order valence-corrected chi connectivity index (χ3v) is 12.4. The molecule has 2 aromatic carbocycles. The number of anilines is 6. The summed E-state index contributed by atoms with van der Waals surface area (Å²) < 4.78 is 3.32. The maximum atomic E-state index is 13.1. The number of carbonyl (C=O) groups is 4. The fourth-order valence-corrected chi connectivity index (χ4v) is 9.33. The average Bonchev–Trinajstić information content (AvgIpc) is 4.17. The van der Waals surface area contributed by atoms with Crippen molar-refractivity contribution in [2.24, 2.45) is 25.6 Å². The van der Waals surface area contributed by atoms with Crippen LogP contribution in [-0.4, -0.2) is 118 Å². The summed E-state index contributed by atoms with van der Waals surface area (Å²) in [6.45, 7) is 3.48. The van der Waals surface area contributed by atoms with Crippen LogP contribution in [0, 0.1) is 0 Å². The average molecular weight is 929 g/mol. The summed E-state index contributed by atoms with van der Waals surface area (Å²) in [5.74, 6) is 0.905. The Labute approximate surface area is 392 Å². The van der Waals surface area contributed by atoms with Crippen molar-refractivity contribution in [1.82, 2.24) is 49.7 Å². The van der Waals surface area contributed by atoms with Gasteiger partial charge in [0.25, 0.3) is 23.0 Å². The first-order chi connectivity index (χ1) is 32.4. The molecule has 4 fully saturated rings. The van der Waals surface area contributed by atoms with Gasteiger partial charge < -0.3 is 42.1 Å². The van der Waals surface area contributed by atoms with Gasteiger partial charge in [0.05, 0.1) is 48.2 Å². The predicted octanol–water partition coefficient (Wildman–Crippen LogP) is 4.39. The van der Waals surface area contributed by atoms with Gasteiger partial charge in [0.2, 0.25) is 0 Å². The minimum atomic E-state index is -0.655. The van der Waals surface area contributed by atoms with Crippen molar-refractivity contribution in [2.45, 2.75) is 62.7 Å². The van der Waals surface area contributed by atoms with Crippen LogP contribution in [0.1, 0.15) is 80.2 Å². The number of hydrogen-bond donors (Lipinski definition) is 5. The van der Waals surface area contributed by atoms with Crippen molar-refractivity contribution < 1.29 is 19.2 Å². The number of halogens is 1. The number of aromatic nitrogens is 8. The van der Waals surface area contributed by atoms with Crippen LogP contribution in [0.15, 0.2) is 97.8 Å². The maximum Gasteiger partial charge on any atom is 0.271 e. The Balaban J connectivity index is 0.000000157. The lowest BCUT2D eigenvalue weighted by Gasteiger charge is -2.40. The van der Waals surface area contributed by atoms with Crippen LogP contribution in [0.25, 0.3) is 0 Å². The Bertz CT molecular complexity index is 2700. The van der Waals surface area contributed by atoms with Crippen molar-refractivity contribution in [3.8, 4) is 0 Å². The number of rotatable bonds is 10. The zero-order valence-electron chi connectivity index (χ0n) is 37.2. The molecule has 21 heteroatoms. The molecule has 0 radical (unpaired) electrons. The lowest BCUT2D eigenvalue weighted by molar-refractivity contribution is 0.0713. The van der Waals surface area contributed by atoms with Crippen LogP contribution in [0.4, 0.5) is 34.6 Å². The quantitative estimate of drug-likeness (QED) is 0.120. The van der Waals surface area contributed by atoms with Crippen molar-refractivity contribution in [2.75, 3.05) is 46.6 Å². The first kappa shape index (κ1) is 46.1. The third-order valence-electron chi connectivity index (χ3n) is 12.2. The number of primary amides is 2. The molecule has 0 aliphatic carbocycles. The Morgan fingerprint density at radius 1 is 0.642 bits per heavy atom. The second-order valence-electron chi connectivity index (χ2n) is 16.7. The van der Waals surface area contributed by atoms with Gasteiger partial charge in [-0.3, -0.25) is 28.5 Å². The molecule has 4 unspecified atom stereocenters. The number of fused-ring (bicyclic) bond motifs is 2. The number of hydrogen-bond acceptors (Lipinski definition) is 15. The molecule has 8 heterocycles. The van der Waals surface area contributed by atoms with Gasteiger partial charge in [-0.05, 0) is 68.8 Å². The van der Waals surface area contributed by atoms with E-state index in [-0.39, 0.29) is 29.4 Å². The molecule has 4 aromatic heterocycles. The molecule has 6 aromatic rings. The van der Waals surface area contributed by atoms with E-state index in [1.165, 1.54) is 6.42 Å². The van der Waals surface area contributed by atoms with E-state index in [1.54, 1.807) is 77.9 Å². The van der Waals surface area contributed by atoms with Gasteiger partial charge in [0.1, 0.15) is 11.6 Å². The topological polar surface area (TPSA) is 253 Å². The summed E-state index contributed by atoms with van der Waals surface area (Å²) in [6.07, 6.45) is 16.3. The molecule has 0 spiro atoms. The highest BCUT2D eigenvalue weighted by molar-refractivity contribution is 6.67. The van der Waals surface area contributed by atoms with Gasteiger partial charge in [-0.2, -0.15) is 10.2 Å². The number of aryl methyl sites for hydroxylation is 2. The minimum absolute atomic E-state index is 0.0686. The van der Waals surface area contributed by atoms with E-state index in [4.69, 9.17) is 28.1 Å². The van der Waals surface area contributed by atoms with Crippen LogP contribution in [0.2, 0.25) is 0 Å². The van der Waals surface area contributed by atoms with Crippen molar-refractivity contribution in [1.29, 1.82) is 0 Å². The van der Waals surface area contributed by atoms with E-state index in [0.29, 0.717) is 52.9 Å². The molecular weight excluding hydrogens is 876 g/mol. The molecule has 0 saturated carbocycles. The van der Waals surface area contributed by atoms with E-state index in [1.807, 2.05) is 48.3 Å². The van der Waals surface area contributed by atoms with E-state index >= 15 is 0 Å². The molecule has 4 atom stereocenters. The highest BCUT2D eigenvalue weighted by Gasteiger charge is 2.43. The summed E-state index contributed by atoms with van der Waals surface area (Å²) in [5.41, 5.74) is 13.9. The Morgan fingerprint density at radius 2 is 1.16 bits per heavy atom. The van der Waals surface area contributed by atoms with Crippen LogP contribution >= 0.6 is 11.6 Å². The number of nitrogens with two attached hydrogens (primary N) is 2. The van der Waals surface area contributed by atoms with Gasteiger partial charge in [-0.25, -0.2) is 19.9 Å². The van der Waals surface area contributed by atoms with Gasteiger partial charge in [-0.15, -0.1) is 0 Å². The highest BCUT2D eigenvalue weighted by Crippen LogP contribution is 2.35. The van der Waals surface area contributed by atoms with Gasteiger partial charge in [-0.1, -0.05) is 48.5 Å². The fourth-order valence-electron chi connectivity index (χ4n) is 9.21. The number of benzene rings is 2. The summed E-state index contributed by atoms with van der Waals surface area (Å²) >= 11 is 5.16. The third kappa shape index (κ3) is 10.8. The van der Waals surface area contributed by atoms with E-state index in [2.05, 4.69) is 50.9 Å². The van der Waals surface area contributed by atoms with Crippen LogP contribution in [-0.2, 0) is 14.1 Å². The van der Waals surface area contributed by atoms with Gasteiger partial charge in [0, 0.05) is 69.3 Å². The molecule has 0 bridgehead atoms. The van der Waals surface area contributed by atoms with Crippen molar-refractivity contribution in [3.05, 3.63) is 120 Å². The number of piperidine rings is 2. The lowest BCUT2D eigenvalue weighted by atomic mass is 9.96. The molecule has 4 aliphatic heterocycles. The maximum absolute atomic E-state index is 13.1. The Hall–Kier alpha value is -7.45. The first-order valence-electron chi connectivity index (χ1n) is 22.2. The van der Waals surface area contributed by atoms with Crippen molar-refractivity contribution in [3.63, 3.8) is 0 Å². The van der Waals surface area contributed by atoms with Crippen LogP contribution in [0.5, 0.6) is 0 Å². The molecule has 10 rings (SSSR count). The number of nitrogens with one attached hydrogen (secondary N) is 3. The largest absolute Gasteiger partial charge is 0.364 e. The number of nitrogens with zero attached hydrogens (tertiary/aromatic N) is 11.